The van der Waals surface area contributed by atoms with Crippen molar-refractivity contribution >= 4 is 0 Å². The van der Waals surface area contributed by atoms with E-state index < -0.39 is 0 Å². The minimum absolute atomic E-state index is 0.109. The molecule has 5 rings (SSSR count). The van der Waals surface area contributed by atoms with Gasteiger partial charge < -0.3 is 18.9 Å². The van der Waals surface area contributed by atoms with Gasteiger partial charge in [0.15, 0.2) is 0 Å². The van der Waals surface area contributed by atoms with Crippen molar-refractivity contribution in [2.75, 3.05) is 26.4 Å². The lowest BCUT2D eigenvalue weighted by Crippen LogP contribution is -2.48. The molecule has 4 nitrogen and oxygen atoms in total. The van der Waals surface area contributed by atoms with Crippen molar-refractivity contribution in [3.8, 4) is 0 Å². The van der Waals surface area contributed by atoms with Crippen LogP contribution in [0.15, 0.2) is 23.8 Å². The lowest BCUT2D eigenvalue weighted by Gasteiger charge is -2.46. The molecule has 4 fully saturated rings. The standard InChI is InChI=1S/C20H28O4/c1-20(14-5-3-2-4-6-14)17-7-13(19(20)24-12-16-10-22-16)8-18(17)23-11-15-9-21-15/h2-3,5,13,15-19H,4,6-12H2,1H3. The summed E-state index contributed by atoms with van der Waals surface area (Å²) in [5, 5.41) is 0. The lowest BCUT2D eigenvalue weighted by atomic mass is 9.65. The van der Waals surface area contributed by atoms with Crippen molar-refractivity contribution in [3.63, 3.8) is 0 Å². The van der Waals surface area contributed by atoms with Crippen LogP contribution in [-0.4, -0.2) is 50.8 Å². The van der Waals surface area contributed by atoms with Crippen molar-refractivity contribution in [1.82, 2.24) is 0 Å². The average molecular weight is 332 g/mol. The number of fused-ring (bicyclic) bond motifs is 2. The predicted octanol–water partition coefficient (Wildman–Crippen LogP) is 2.88. The van der Waals surface area contributed by atoms with E-state index in [-0.39, 0.29) is 5.41 Å². The number of epoxide rings is 2. The third-order valence-electron chi connectivity index (χ3n) is 6.80. The van der Waals surface area contributed by atoms with E-state index in [9.17, 15) is 0 Å². The molecule has 3 aliphatic carbocycles. The van der Waals surface area contributed by atoms with Crippen LogP contribution in [0, 0.1) is 17.3 Å². The highest BCUT2D eigenvalue weighted by molar-refractivity contribution is 5.31. The summed E-state index contributed by atoms with van der Waals surface area (Å²) in [6.07, 6.45) is 12.9. The monoisotopic (exact) mass is 332 g/mol. The fourth-order valence-electron chi connectivity index (χ4n) is 5.35. The van der Waals surface area contributed by atoms with Gasteiger partial charge in [-0.1, -0.05) is 30.7 Å². The summed E-state index contributed by atoms with van der Waals surface area (Å²) >= 11 is 0. The van der Waals surface area contributed by atoms with E-state index in [1.165, 1.54) is 6.42 Å². The second kappa shape index (κ2) is 5.94. The molecule has 2 saturated heterocycles. The molecule has 2 saturated carbocycles. The summed E-state index contributed by atoms with van der Waals surface area (Å²) in [7, 11) is 0. The Morgan fingerprint density at radius 2 is 1.88 bits per heavy atom. The zero-order chi connectivity index (χ0) is 16.1. The van der Waals surface area contributed by atoms with E-state index in [0.717, 1.165) is 45.7 Å². The molecule has 2 bridgehead atoms. The molecule has 0 aromatic carbocycles. The maximum atomic E-state index is 6.45. The normalized spacial score (nSPS) is 48.6. The Morgan fingerprint density at radius 1 is 1.12 bits per heavy atom. The number of hydrogen-bond donors (Lipinski definition) is 0. The molecule has 7 unspecified atom stereocenters. The topological polar surface area (TPSA) is 43.5 Å². The number of ether oxygens (including phenoxy) is 4. The van der Waals surface area contributed by atoms with Crippen molar-refractivity contribution < 1.29 is 18.9 Å². The van der Waals surface area contributed by atoms with Crippen molar-refractivity contribution in [3.05, 3.63) is 23.8 Å². The fraction of sp³-hybridized carbons (Fsp3) is 0.800. The summed E-state index contributed by atoms with van der Waals surface area (Å²) in [5.41, 5.74) is 1.67. The molecule has 4 heteroatoms. The Labute approximate surface area is 144 Å². The fourth-order valence-corrected chi connectivity index (χ4v) is 5.35. The molecular weight excluding hydrogens is 304 g/mol. The van der Waals surface area contributed by atoms with Gasteiger partial charge in [-0.15, -0.1) is 0 Å². The highest BCUT2D eigenvalue weighted by Crippen LogP contribution is 2.62. The molecule has 0 aromatic heterocycles. The van der Waals surface area contributed by atoms with Crippen molar-refractivity contribution in [2.45, 2.75) is 57.0 Å². The molecule has 0 N–H and O–H groups in total. The van der Waals surface area contributed by atoms with Gasteiger partial charge in [0, 0.05) is 5.41 Å². The third kappa shape index (κ3) is 2.68. The van der Waals surface area contributed by atoms with Gasteiger partial charge in [-0.25, -0.2) is 0 Å². The Morgan fingerprint density at radius 3 is 2.54 bits per heavy atom. The molecule has 132 valence electrons. The first-order valence-electron chi connectivity index (χ1n) is 9.57. The van der Waals surface area contributed by atoms with Crippen LogP contribution in [0.5, 0.6) is 0 Å². The Hall–Kier alpha value is -0.680. The highest BCUT2D eigenvalue weighted by atomic mass is 16.6. The second-order valence-corrected chi connectivity index (χ2v) is 8.32. The van der Waals surface area contributed by atoms with E-state index in [0.29, 0.717) is 36.3 Å². The lowest BCUT2D eigenvalue weighted by molar-refractivity contribution is -0.104. The van der Waals surface area contributed by atoms with Gasteiger partial charge in [0.1, 0.15) is 12.2 Å². The molecule has 7 atom stereocenters. The van der Waals surface area contributed by atoms with E-state index in [1.807, 2.05) is 0 Å². The summed E-state index contributed by atoms with van der Waals surface area (Å²) in [6.45, 7) is 5.71. The number of rotatable bonds is 7. The van der Waals surface area contributed by atoms with Crippen LogP contribution in [0.4, 0.5) is 0 Å². The first-order chi connectivity index (χ1) is 11.7. The van der Waals surface area contributed by atoms with E-state index in [1.54, 1.807) is 5.57 Å². The van der Waals surface area contributed by atoms with Crippen LogP contribution in [0.1, 0.15) is 32.6 Å². The molecule has 0 amide bonds. The summed E-state index contributed by atoms with van der Waals surface area (Å²) in [6, 6.07) is 0. The second-order valence-electron chi connectivity index (χ2n) is 8.32. The van der Waals surface area contributed by atoms with E-state index in [4.69, 9.17) is 18.9 Å². The largest absolute Gasteiger partial charge is 0.375 e. The number of hydrogen-bond acceptors (Lipinski definition) is 4. The third-order valence-corrected chi connectivity index (χ3v) is 6.80. The van der Waals surface area contributed by atoms with Crippen molar-refractivity contribution in [2.24, 2.45) is 17.3 Å². The molecule has 2 aliphatic heterocycles. The minimum atomic E-state index is 0.109. The summed E-state index contributed by atoms with van der Waals surface area (Å²) in [5.74, 6) is 1.19. The van der Waals surface area contributed by atoms with Gasteiger partial charge in [-0.2, -0.15) is 0 Å². The maximum absolute atomic E-state index is 6.45. The quantitative estimate of drug-likeness (QED) is 0.673. The molecule has 5 aliphatic rings. The van der Waals surface area contributed by atoms with Crippen LogP contribution in [0.3, 0.4) is 0 Å². The van der Waals surface area contributed by atoms with Crippen molar-refractivity contribution in [1.29, 1.82) is 0 Å². The van der Waals surface area contributed by atoms with Gasteiger partial charge in [-0.3, -0.25) is 0 Å². The SMILES string of the molecule is CC1(C2=CC=CCC2)C2CC(CC2OCC2CO2)C1OCC1CO1. The predicted molar refractivity (Wildman–Crippen MR) is 89.7 cm³/mol. The van der Waals surface area contributed by atoms with Crippen LogP contribution >= 0.6 is 0 Å². The molecule has 24 heavy (non-hydrogen) atoms. The van der Waals surface area contributed by atoms with Gasteiger partial charge in [0.05, 0.1) is 38.6 Å². The smallest absolute Gasteiger partial charge is 0.104 e. The molecule has 0 spiro atoms. The van der Waals surface area contributed by atoms with Crippen LogP contribution in [0.2, 0.25) is 0 Å². The van der Waals surface area contributed by atoms with Gasteiger partial charge >= 0.3 is 0 Å². The number of allylic oxidation sites excluding steroid dienone is 3. The molecular formula is C20H28O4. The van der Waals surface area contributed by atoms with E-state index in [2.05, 4.69) is 25.2 Å². The Kier molecular flexibility index (Phi) is 3.85. The zero-order valence-electron chi connectivity index (χ0n) is 14.5. The minimum Gasteiger partial charge on any atom is -0.375 e. The first kappa shape index (κ1) is 15.6. The first-order valence-corrected chi connectivity index (χ1v) is 9.57. The Bertz CT molecular complexity index is 548. The Balaban J connectivity index is 1.36. The zero-order valence-corrected chi connectivity index (χ0v) is 14.5. The maximum Gasteiger partial charge on any atom is 0.104 e. The van der Waals surface area contributed by atoms with Gasteiger partial charge in [0.25, 0.3) is 0 Å². The van der Waals surface area contributed by atoms with Crippen LogP contribution in [0.25, 0.3) is 0 Å². The van der Waals surface area contributed by atoms with Crippen LogP contribution in [-0.2, 0) is 18.9 Å². The van der Waals surface area contributed by atoms with E-state index >= 15 is 0 Å². The highest BCUT2D eigenvalue weighted by Gasteiger charge is 2.62. The molecule has 0 radical (unpaired) electrons. The summed E-state index contributed by atoms with van der Waals surface area (Å²) < 4.78 is 23.4. The molecule has 0 aromatic rings. The van der Waals surface area contributed by atoms with Gasteiger partial charge in [0.2, 0.25) is 0 Å². The van der Waals surface area contributed by atoms with Gasteiger partial charge in [-0.05, 0) is 37.5 Å². The summed E-state index contributed by atoms with van der Waals surface area (Å²) in [4.78, 5) is 0. The van der Waals surface area contributed by atoms with Crippen LogP contribution < -0.4 is 0 Å². The average Bonchev–Trinajstić information content (AvgIpc) is 3.53. The molecule has 2 heterocycles.